The number of hydrogen-bond acceptors (Lipinski definition) is 5. The number of hydrogen-bond donors (Lipinski definition) is 0. The van der Waals surface area contributed by atoms with Gasteiger partial charge in [0.15, 0.2) is 16.3 Å². The van der Waals surface area contributed by atoms with Crippen molar-refractivity contribution in [3.05, 3.63) is 46.5 Å². The standard InChI is InChI=1S/C23H27FN2O4S/c1-5-12-26-20-16(24)10-9-11-19(20)31-23(26)25-22(27)15-13-17(28-6-2)21(30-8-4)18(14-15)29-7-3/h9-11,13-14H,5-8,12H2,1-4H3. The Bertz CT molecular complexity index is 1110. The molecule has 0 aliphatic heterocycles. The Morgan fingerprint density at radius 2 is 1.68 bits per heavy atom. The number of amides is 1. The van der Waals surface area contributed by atoms with Crippen molar-refractivity contribution in [3.63, 3.8) is 0 Å². The van der Waals surface area contributed by atoms with Crippen LogP contribution in [0.4, 0.5) is 4.39 Å². The minimum absolute atomic E-state index is 0.316. The van der Waals surface area contributed by atoms with Crippen LogP contribution in [0.2, 0.25) is 0 Å². The molecule has 3 aromatic rings. The van der Waals surface area contributed by atoms with Crippen LogP contribution < -0.4 is 19.0 Å². The Morgan fingerprint density at radius 1 is 1.03 bits per heavy atom. The first-order valence-corrected chi connectivity index (χ1v) is 11.3. The van der Waals surface area contributed by atoms with E-state index in [0.717, 1.165) is 11.1 Å². The Labute approximate surface area is 184 Å². The molecule has 0 spiro atoms. The number of aromatic nitrogens is 1. The molecule has 1 amide bonds. The molecule has 31 heavy (non-hydrogen) atoms. The van der Waals surface area contributed by atoms with Crippen LogP contribution in [-0.4, -0.2) is 30.3 Å². The number of nitrogens with zero attached hydrogens (tertiary/aromatic N) is 2. The Kier molecular flexibility index (Phi) is 7.68. The first-order valence-electron chi connectivity index (χ1n) is 10.5. The summed E-state index contributed by atoms with van der Waals surface area (Å²) < 4.78 is 34.0. The third-order valence-electron chi connectivity index (χ3n) is 4.45. The lowest BCUT2D eigenvalue weighted by Gasteiger charge is -2.16. The number of carbonyl (C=O) groups excluding carboxylic acids is 1. The number of ether oxygens (including phenoxy) is 3. The van der Waals surface area contributed by atoms with Crippen LogP contribution >= 0.6 is 11.3 Å². The van der Waals surface area contributed by atoms with Crippen molar-refractivity contribution in [1.29, 1.82) is 0 Å². The van der Waals surface area contributed by atoms with Gasteiger partial charge in [0, 0.05) is 12.1 Å². The summed E-state index contributed by atoms with van der Waals surface area (Å²) in [4.78, 5) is 17.9. The predicted octanol–water partition coefficient (Wildman–Crippen LogP) is 5.19. The zero-order valence-electron chi connectivity index (χ0n) is 18.2. The van der Waals surface area contributed by atoms with Crippen LogP contribution in [-0.2, 0) is 6.54 Å². The summed E-state index contributed by atoms with van der Waals surface area (Å²) in [5.74, 6) is 0.541. The van der Waals surface area contributed by atoms with E-state index in [2.05, 4.69) is 4.99 Å². The van der Waals surface area contributed by atoms with Gasteiger partial charge in [-0.25, -0.2) is 4.39 Å². The molecule has 0 atom stereocenters. The average Bonchev–Trinajstić information content (AvgIpc) is 3.09. The maximum Gasteiger partial charge on any atom is 0.279 e. The zero-order valence-corrected chi connectivity index (χ0v) is 19.1. The van der Waals surface area contributed by atoms with Crippen molar-refractivity contribution in [3.8, 4) is 17.2 Å². The third-order valence-corrected chi connectivity index (χ3v) is 5.50. The van der Waals surface area contributed by atoms with Crippen molar-refractivity contribution < 1.29 is 23.4 Å². The summed E-state index contributed by atoms with van der Waals surface area (Å²) >= 11 is 1.29. The highest BCUT2D eigenvalue weighted by molar-refractivity contribution is 7.16. The van der Waals surface area contributed by atoms with E-state index in [4.69, 9.17) is 14.2 Å². The van der Waals surface area contributed by atoms with Gasteiger partial charge >= 0.3 is 0 Å². The second kappa shape index (κ2) is 10.4. The molecule has 0 radical (unpaired) electrons. The first kappa shape index (κ1) is 22.8. The van der Waals surface area contributed by atoms with Gasteiger partial charge in [-0.05, 0) is 51.5 Å². The number of aryl methyl sites for hydroxylation is 1. The lowest BCUT2D eigenvalue weighted by molar-refractivity contribution is 0.0996. The van der Waals surface area contributed by atoms with Crippen LogP contribution in [0.15, 0.2) is 35.3 Å². The summed E-state index contributed by atoms with van der Waals surface area (Å²) in [5, 5.41) is 0. The van der Waals surface area contributed by atoms with E-state index in [-0.39, 0.29) is 5.82 Å². The van der Waals surface area contributed by atoms with Gasteiger partial charge in [0.2, 0.25) is 5.75 Å². The van der Waals surface area contributed by atoms with Crippen molar-refractivity contribution in [1.82, 2.24) is 4.57 Å². The second-order valence-electron chi connectivity index (χ2n) is 6.64. The number of rotatable bonds is 9. The van der Waals surface area contributed by atoms with Crippen molar-refractivity contribution >= 4 is 27.5 Å². The fourth-order valence-corrected chi connectivity index (χ4v) is 4.34. The quantitative estimate of drug-likeness (QED) is 0.454. The number of thiazole rings is 1. The fraction of sp³-hybridized carbons (Fsp3) is 0.391. The molecule has 2 aromatic carbocycles. The van der Waals surface area contributed by atoms with Crippen molar-refractivity contribution in [2.24, 2.45) is 4.99 Å². The minimum Gasteiger partial charge on any atom is -0.490 e. The number of benzene rings is 2. The zero-order chi connectivity index (χ0) is 22.4. The van der Waals surface area contributed by atoms with E-state index in [1.54, 1.807) is 22.8 Å². The Hall–Kier alpha value is -2.87. The van der Waals surface area contributed by atoms with Gasteiger partial charge in [-0.2, -0.15) is 4.99 Å². The largest absolute Gasteiger partial charge is 0.490 e. The molecule has 0 aliphatic carbocycles. The summed E-state index contributed by atoms with van der Waals surface area (Å²) in [7, 11) is 0. The third kappa shape index (κ3) is 4.90. The van der Waals surface area contributed by atoms with E-state index >= 15 is 0 Å². The number of fused-ring (bicyclic) bond motifs is 1. The predicted molar refractivity (Wildman–Crippen MR) is 120 cm³/mol. The normalized spacial score (nSPS) is 11.7. The van der Waals surface area contributed by atoms with Crippen LogP contribution in [0.5, 0.6) is 17.2 Å². The van der Waals surface area contributed by atoms with E-state index in [0.29, 0.717) is 59.5 Å². The molecule has 0 saturated carbocycles. The van der Waals surface area contributed by atoms with Crippen molar-refractivity contribution in [2.75, 3.05) is 19.8 Å². The van der Waals surface area contributed by atoms with Gasteiger partial charge in [-0.1, -0.05) is 24.3 Å². The van der Waals surface area contributed by atoms with E-state index in [1.165, 1.54) is 17.4 Å². The fourth-order valence-electron chi connectivity index (χ4n) is 3.27. The highest BCUT2D eigenvalue weighted by atomic mass is 32.1. The molecule has 8 heteroatoms. The van der Waals surface area contributed by atoms with Gasteiger partial charge in [-0.15, -0.1) is 0 Å². The summed E-state index contributed by atoms with van der Waals surface area (Å²) in [6, 6.07) is 8.13. The maximum atomic E-state index is 14.4. The molecule has 166 valence electrons. The maximum absolute atomic E-state index is 14.4. The van der Waals surface area contributed by atoms with Gasteiger partial charge in [-0.3, -0.25) is 4.79 Å². The van der Waals surface area contributed by atoms with Gasteiger partial charge in [0.1, 0.15) is 5.82 Å². The van der Waals surface area contributed by atoms with Gasteiger partial charge in [0.25, 0.3) is 5.91 Å². The molecule has 0 N–H and O–H groups in total. The SMILES string of the molecule is CCCn1c(=NC(=O)c2cc(OCC)c(OCC)c(OCC)c2)sc2cccc(F)c21. The molecule has 0 unspecified atom stereocenters. The van der Waals surface area contributed by atoms with E-state index < -0.39 is 5.91 Å². The highest BCUT2D eigenvalue weighted by Gasteiger charge is 2.19. The summed E-state index contributed by atoms with van der Waals surface area (Å²) in [6.45, 7) is 9.39. The monoisotopic (exact) mass is 446 g/mol. The van der Waals surface area contributed by atoms with E-state index in [9.17, 15) is 9.18 Å². The van der Waals surface area contributed by atoms with Crippen LogP contribution in [0.3, 0.4) is 0 Å². The molecule has 0 bridgehead atoms. The smallest absolute Gasteiger partial charge is 0.279 e. The average molecular weight is 447 g/mol. The van der Waals surface area contributed by atoms with E-state index in [1.807, 2.05) is 33.8 Å². The second-order valence-corrected chi connectivity index (χ2v) is 7.65. The highest BCUT2D eigenvalue weighted by Crippen LogP contribution is 2.39. The molecule has 0 saturated heterocycles. The number of carbonyl (C=O) groups is 1. The van der Waals surface area contributed by atoms with Crippen LogP contribution in [0.1, 0.15) is 44.5 Å². The van der Waals surface area contributed by atoms with Crippen LogP contribution in [0, 0.1) is 5.82 Å². The molecule has 0 fully saturated rings. The molecular weight excluding hydrogens is 419 g/mol. The number of halogens is 1. The lowest BCUT2D eigenvalue weighted by atomic mass is 10.1. The number of para-hydroxylation sites is 1. The summed E-state index contributed by atoms with van der Waals surface area (Å²) in [5.41, 5.74) is 0.786. The topological polar surface area (TPSA) is 62.1 Å². The molecule has 0 aliphatic rings. The lowest BCUT2D eigenvalue weighted by Crippen LogP contribution is -2.17. The van der Waals surface area contributed by atoms with Gasteiger partial charge in [0.05, 0.1) is 30.0 Å². The first-order chi connectivity index (χ1) is 15.0. The molecule has 6 nitrogen and oxygen atoms in total. The molecular formula is C23H27FN2O4S. The van der Waals surface area contributed by atoms with Crippen molar-refractivity contribution in [2.45, 2.75) is 40.7 Å². The van der Waals surface area contributed by atoms with Gasteiger partial charge < -0.3 is 18.8 Å². The molecule has 3 rings (SSSR count). The molecule has 1 heterocycles. The van der Waals surface area contributed by atoms with Crippen LogP contribution in [0.25, 0.3) is 10.2 Å². The minimum atomic E-state index is -0.457. The Morgan fingerprint density at radius 3 is 2.26 bits per heavy atom. The Balaban J connectivity index is 2.14. The molecule has 1 aromatic heterocycles. The summed E-state index contributed by atoms with van der Waals surface area (Å²) in [6.07, 6.45) is 0.785.